The minimum atomic E-state index is -3.69. The predicted molar refractivity (Wildman–Crippen MR) is 115 cm³/mol. The number of hydrogen-bond acceptors (Lipinski definition) is 5. The summed E-state index contributed by atoms with van der Waals surface area (Å²) in [5.74, 6) is -0.354. The van der Waals surface area contributed by atoms with E-state index in [9.17, 15) is 18.3 Å². The third-order valence-electron chi connectivity index (χ3n) is 5.29. The number of sulfonamides is 1. The smallest absolute Gasteiger partial charge is 0.243 e. The SMILES string of the molecule is CN(CC(=O)NCc1ccc(CN2CCC(O)CC2)cc1)S(=O)(=O)c1ccccc1. The van der Waals surface area contributed by atoms with Crippen LogP contribution in [0.3, 0.4) is 0 Å². The maximum atomic E-state index is 12.5. The summed E-state index contributed by atoms with van der Waals surface area (Å²) in [5, 5.41) is 12.4. The van der Waals surface area contributed by atoms with E-state index in [1.54, 1.807) is 18.2 Å². The first kappa shape index (κ1) is 22.4. The lowest BCUT2D eigenvalue weighted by molar-refractivity contribution is -0.121. The zero-order valence-electron chi connectivity index (χ0n) is 17.2. The average Bonchev–Trinajstić information content (AvgIpc) is 2.75. The Labute approximate surface area is 178 Å². The fraction of sp³-hybridized carbons (Fsp3) is 0.409. The first-order chi connectivity index (χ1) is 14.3. The molecule has 30 heavy (non-hydrogen) atoms. The Morgan fingerprint density at radius 1 is 1.07 bits per heavy atom. The molecule has 2 aromatic carbocycles. The van der Waals surface area contributed by atoms with Crippen LogP contribution in [0.25, 0.3) is 0 Å². The molecule has 1 saturated heterocycles. The number of amides is 1. The summed E-state index contributed by atoms with van der Waals surface area (Å²) in [7, 11) is -2.29. The molecule has 7 nitrogen and oxygen atoms in total. The van der Waals surface area contributed by atoms with Gasteiger partial charge in [0.15, 0.2) is 0 Å². The normalized spacial score (nSPS) is 16.0. The molecule has 1 fully saturated rings. The lowest BCUT2D eigenvalue weighted by atomic mass is 10.1. The highest BCUT2D eigenvalue weighted by Gasteiger charge is 2.22. The number of aliphatic hydroxyl groups excluding tert-OH is 1. The van der Waals surface area contributed by atoms with Crippen LogP contribution in [0.15, 0.2) is 59.5 Å². The van der Waals surface area contributed by atoms with Crippen molar-refractivity contribution in [3.8, 4) is 0 Å². The van der Waals surface area contributed by atoms with E-state index in [2.05, 4.69) is 10.2 Å². The fourth-order valence-corrected chi connectivity index (χ4v) is 4.56. The molecule has 2 N–H and O–H groups in total. The molecule has 2 aromatic rings. The topological polar surface area (TPSA) is 89.9 Å². The molecule has 1 aliphatic rings. The van der Waals surface area contributed by atoms with E-state index in [4.69, 9.17) is 0 Å². The number of piperidine rings is 1. The third-order valence-corrected chi connectivity index (χ3v) is 7.11. The van der Waals surface area contributed by atoms with Gasteiger partial charge in [-0.15, -0.1) is 0 Å². The Balaban J connectivity index is 1.46. The van der Waals surface area contributed by atoms with Gasteiger partial charge in [-0.2, -0.15) is 4.31 Å². The van der Waals surface area contributed by atoms with Gasteiger partial charge in [0.05, 0.1) is 17.5 Å². The molecule has 0 aliphatic carbocycles. The van der Waals surface area contributed by atoms with Gasteiger partial charge in [-0.05, 0) is 36.1 Å². The molecule has 0 atom stereocenters. The number of carbonyl (C=O) groups excluding carboxylic acids is 1. The molecule has 0 bridgehead atoms. The second-order valence-electron chi connectivity index (χ2n) is 7.67. The molecule has 0 unspecified atom stereocenters. The zero-order valence-corrected chi connectivity index (χ0v) is 18.0. The standard InChI is InChI=1S/C22H29N3O4S/c1-24(30(28,29)21-5-3-2-4-6-21)17-22(27)23-15-18-7-9-19(10-8-18)16-25-13-11-20(26)12-14-25/h2-10,20,26H,11-17H2,1H3,(H,23,27). The van der Waals surface area contributed by atoms with Gasteiger partial charge < -0.3 is 10.4 Å². The second-order valence-corrected chi connectivity index (χ2v) is 9.72. The predicted octanol–water partition coefficient (Wildman–Crippen LogP) is 1.58. The fourth-order valence-electron chi connectivity index (χ4n) is 3.41. The Bertz CT molecular complexity index is 925. The molecule has 162 valence electrons. The van der Waals surface area contributed by atoms with Crippen LogP contribution in [0.2, 0.25) is 0 Å². The Morgan fingerprint density at radius 3 is 2.30 bits per heavy atom. The molecule has 3 rings (SSSR count). The van der Waals surface area contributed by atoms with Crippen LogP contribution in [-0.2, 0) is 27.9 Å². The van der Waals surface area contributed by atoms with Crippen molar-refractivity contribution in [2.45, 2.75) is 36.9 Å². The van der Waals surface area contributed by atoms with Crippen molar-refractivity contribution in [1.82, 2.24) is 14.5 Å². The van der Waals surface area contributed by atoms with E-state index in [1.807, 2.05) is 24.3 Å². The van der Waals surface area contributed by atoms with Crippen LogP contribution in [0.1, 0.15) is 24.0 Å². The first-order valence-corrected chi connectivity index (χ1v) is 11.5. The van der Waals surface area contributed by atoms with Crippen LogP contribution in [-0.4, -0.2) is 61.4 Å². The average molecular weight is 432 g/mol. The Hall–Kier alpha value is -2.26. The quantitative estimate of drug-likeness (QED) is 0.662. The first-order valence-electron chi connectivity index (χ1n) is 10.1. The maximum Gasteiger partial charge on any atom is 0.243 e. The van der Waals surface area contributed by atoms with Gasteiger partial charge in [0.1, 0.15) is 0 Å². The van der Waals surface area contributed by atoms with Gasteiger partial charge in [-0.3, -0.25) is 9.69 Å². The van der Waals surface area contributed by atoms with Crippen LogP contribution in [0.5, 0.6) is 0 Å². The summed E-state index contributed by atoms with van der Waals surface area (Å²) in [6, 6.07) is 16.1. The van der Waals surface area contributed by atoms with Crippen molar-refractivity contribution in [2.24, 2.45) is 0 Å². The maximum absolute atomic E-state index is 12.5. The van der Waals surface area contributed by atoms with Crippen molar-refractivity contribution in [2.75, 3.05) is 26.7 Å². The molecular weight excluding hydrogens is 402 g/mol. The summed E-state index contributed by atoms with van der Waals surface area (Å²) >= 11 is 0. The second kappa shape index (κ2) is 10.2. The van der Waals surface area contributed by atoms with Gasteiger partial charge >= 0.3 is 0 Å². The zero-order chi connectivity index (χ0) is 21.6. The van der Waals surface area contributed by atoms with E-state index in [-0.39, 0.29) is 23.5 Å². The van der Waals surface area contributed by atoms with Crippen molar-refractivity contribution >= 4 is 15.9 Å². The number of likely N-dealkylation sites (N-methyl/N-ethyl adjacent to an activating group) is 1. The summed E-state index contributed by atoms with van der Waals surface area (Å²) < 4.78 is 26.0. The number of likely N-dealkylation sites (tertiary alicyclic amines) is 1. The minimum Gasteiger partial charge on any atom is -0.393 e. The molecule has 1 aliphatic heterocycles. The van der Waals surface area contributed by atoms with Crippen molar-refractivity contribution in [3.05, 3.63) is 65.7 Å². The highest BCUT2D eigenvalue weighted by Crippen LogP contribution is 2.15. The highest BCUT2D eigenvalue weighted by molar-refractivity contribution is 7.89. The van der Waals surface area contributed by atoms with E-state index >= 15 is 0 Å². The van der Waals surface area contributed by atoms with Gasteiger partial charge in [0.2, 0.25) is 15.9 Å². The monoisotopic (exact) mass is 431 g/mol. The number of hydrogen-bond donors (Lipinski definition) is 2. The summed E-state index contributed by atoms with van der Waals surface area (Å²) in [5.41, 5.74) is 2.14. The van der Waals surface area contributed by atoms with E-state index < -0.39 is 10.0 Å². The molecule has 0 aromatic heterocycles. The van der Waals surface area contributed by atoms with E-state index in [0.717, 1.165) is 42.3 Å². The Kier molecular flexibility index (Phi) is 7.60. The number of nitrogens with zero attached hydrogens (tertiary/aromatic N) is 2. The van der Waals surface area contributed by atoms with Gasteiger partial charge in [0, 0.05) is 33.2 Å². The number of rotatable bonds is 8. The summed E-state index contributed by atoms with van der Waals surface area (Å²) in [4.78, 5) is 14.7. The van der Waals surface area contributed by atoms with Crippen LogP contribution in [0.4, 0.5) is 0 Å². The van der Waals surface area contributed by atoms with Crippen molar-refractivity contribution < 1.29 is 18.3 Å². The molecule has 0 radical (unpaired) electrons. The summed E-state index contributed by atoms with van der Waals surface area (Å²) in [6.45, 7) is 2.75. The largest absolute Gasteiger partial charge is 0.393 e. The van der Waals surface area contributed by atoms with Crippen LogP contribution < -0.4 is 5.32 Å². The minimum absolute atomic E-state index is 0.166. The van der Waals surface area contributed by atoms with Crippen LogP contribution in [0, 0.1) is 0 Å². The lowest BCUT2D eigenvalue weighted by Gasteiger charge is -2.29. The number of benzene rings is 2. The van der Waals surface area contributed by atoms with Crippen LogP contribution >= 0.6 is 0 Å². The number of nitrogens with one attached hydrogen (secondary N) is 1. The van der Waals surface area contributed by atoms with Crippen molar-refractivity contribution in [3.63, 3.8) is 0 Å². The van der Waals surface area contributed by atoms with Crippen molar-refractivity contribution in [1.29, 1.82) is 0 Å². The van der Waals surface area contributed by atoms with Gasteiger partial charge in [-0.1, -0.05) is 42.5 Å². The molecule has 1 heterocycles. The molecule has 0 saturated carbocycles. The van der Waals surface area contributed by atoms with Gasteiger partial charge in [-0.25, -0.2) is 8.42 Å². The Morgan fingerprint density at radius 2 is 1.67 bits per heavy atom. The number of aliphatic hydroxyl groups is 1. The van der Waals surface area contributed by atoms with Gasteiger partial charge in [0.25, 0.3) is 0 Å². The van der Waals surface area contributed by atoms with E-state index in [1.165, 1.54) is 24.7 Å². The highest BCUT2D eigenvalue weighted by atomic mass is 32.2. The third kappa shape index (κ3) is 6.12. The number of carbonyl (C=O) groups is 1. The summed E-state index contributed by atoms with van der Waals surface area (Å²) in [6.07, 6.45) is 1.46. The molecular formula is C22H29N3O4S. The molecule has 0 spiro atoms. The van der Waals surface area contributed by atoms with E-state index in [0.29, 0.717) is 6.54 Å². The molecule has 1 amide bonds. The molecule has 8 heteroatoms. The lowest BCUT2D eigenvalue weighted by Crippen LogP contribution is -2.38.